The van der Waals surface area contributed by atoms with Crippen molar-refractivity contribution in [2.24, 2.45) is 5.92 Å². The Bertz CT molecular complexity index is 1470. The molecule has 46 heavy (non-hydrogen) atoms. The van der Waals surface area contributed by atoms with Crippen molar-refractivity contribution < 1.29 is 23.8 Å². The first-order chi connectivity index (χ1) is 22.4. The lowest BCUT2D eigenvalue weighted by molar-refractivity contribution is -0.137. The summed E-state index contributed by atoms with van der Waals surface area (Å²) in [7, 11) is 0. The maximum Gasteiger partial charge on any atom is 0.270 e. The van der Waals surface area contributed by atoms with E-state index in [9.17, 15) is 14.7 Å². The number of aromatic nitrogens is 3. The number of benzene rings is 1. The van der Waals surface area contributed by atoms with Crippen molar-refractivity contribution in [2.45, 2.75) is 83.6 Å². The van der Waals surface area contributed by atoms with Crippen molar-refractivity contribution in [1.29, 1.82) is 0 Å². The van der Waals surface area contributed by atoms with Gasteiger partial charge in [-0.15, -0.1) is 0 Å². The number of anilines is 1. The van der Waals surface area contributed by atoms with Gasteiger partial charge in [0.2, 0.25) is 5.91 Å². The molecule has 0 radical (unpaired) electrons. The number of hydrogen-bond donors (Lipinski definition) is 3. The fourth-order valence-corrected chi connectivity index (χ4v) is 6.94. The number of aliphatic hydroxyl groups is 1. The van der Waals surface area contributed by atoms with E-state index in [-0.39, 0.29) is 30.1 Å². The molecule has 2 aliphatic heterocycles. The molecule has 0 spiro atoms. The summed E-state index contributed by atoms with van der Waals surface area (Å²) in [4.78, 5) is 42.4. The fourth-order valence-electron chi connectivity index (χ4n) is 6.94. The molecule has 12 nitrogen and oxygen atoms in total. The van der Waals surface area contributed by atoms with Crippen LogP contribution in [0.15, 0.2) is 41.5 Å². The molecule has 2 amide bonds. The summed E-state index contributed by atoms with van der Waals surface area (Å²) in [6.07, 6.45) is 11.5. The monoisotopic (exact) mass is 631 g/mol. The zero-order valence-electron chi connectivity index (χ0n) is 26.6. The minimum Gasteiger partial charge on any atom is -0.485 e. The zero-order chi connectivity index (χ0) is 31.9. The molecule has 3 aromatic rings. The molecule has 2 aromatic heterocycles. The molecule has 12 heteroatoms. The van der Waals surface area contributed by atoms with Crippen molar-refractivity contribution in [1.82, 2.24) is 30.1 Å². The van der Waals surface area contributed by atoms with E-state index in [1.807, 2.05) is 6.07 Å². The number of ether oxygens (including phenoxy) is 1. The number of aliphatic hydroxyl groups excluding tert-OH is 1. The van der Waals surface area contributed by atoms with Crippen molar-refractivity contribution in [3.63, 3.8) is 0 Å². The first-order valence-corrected chi connectivity index (χ1v) is 16.6. The van der Waals surface area contributed by atoms with E-state index in [1.165, 1.54) is 30.3 Å². The van der Waals surface area contributed by atoms with Crippen LogP contribution in [0.2, 0.25) is 0 Å². The number of carbonyl (C=O) groups is 2. The fraction of sp³-hybridized carbons (Fsp3) is 0.559. The SMILES string of the molecule is Cc1c(OCc2cnco2)ccc2c1CCN(C[C@H](O)CNC(=O)c1cc(NC3CCC(C(=O)N4CCCCC4)CC3)ncn1)C2. The van der Waals surface area contributed by atoms with Gasteiger partial charge in [-0.1, -0.05) is 6.07 Å². The summed E-state index contributed by atoms with van der Waals surface area (Å²) in [5, 5.41) is 17.0. The minimum absolute atomic E-state index is 0.113. The van der Waals surface area contributed by atoms with E-state index >= 15 is 0 Å². The van der Waals surface area contributed by atoms with Crippen LogP contribution in [-0.4, -0.2) is 86.5 Å². The lowest BCUT2D eigenvalue weighted by Gasteiger charge is -2.34. The van der Waals surface area contributed by atoms with Crippen molar-refractivity contribution in [3.05, 3.63) is 65.3 Å². The molecule has 6 rings (SSSR count). The van der Waals surface area contributed by atoms with E-state index in [0.717, 1.165) is 82.4 Å². The van der Waals surface area contributed by atoms with Crippen LogP contribution in [0, 0.1) is 12.8 Å². The van der Waals surface area contributed by atoms with Gasteiger partial charge < -0.3 is 29.8 Å². The lowest BCUT2D eigenvalue weighted by Crippen LogP contribution is -2.42. The van der Waals surface area contributed by atoms with Gasteiger partial charge in [0.1, 0.15) is 30.2 Å². The normalized spacial score (nSPS) is 20.9. The predicted molar refractivity (Wildman–Crippen MR) is 171 cm³/mol. The van der Waals surface area contributed by atoms with E-state index in [1.54, 1.807) is 12.3 Å². The topological polar surface area (TPSA) is 146 Å². The number of nitrogens with one attached hydrogen (secondary N) is 2. The number of piperidine rings is 1. The second kappa shape index (κ2) is 15.0. The van der Waals surface area contributed by atoms with Crippen LogP contribution in [0.25, 0.3) is 0 Å². The molecule has 0 bridgehead atoms. The van der Waals surface area contributed by atoms with Gasteiger partial charge in [0.15, 0.2) is 12.2 Å². The highest BCUT2D eigenvalue weighted by atomic mass is 16.5. The standard InChI is InChI=1S/C34H45N7O5/c1-23-29-11-14-40(18-25(29)7-10-31(23)45-20-28-17-35-22-46-28)19-27(42)16-36-33(43)30-15-32(38-21-37-30)39-26-8-5-24(6-9-26)34(44)41-12-3-2-4-13-41/h7,10,15,17,21-22,24,26-27,42H,2-6,8-9,11-14,16,18-20H2,1H3,(H,36,43)(H,37,38,39)/t24?,26?,27-/m1/s1. The van der Waals surface area contributed by atoms with E-state index in [4.69, 9.17) is 9.15 Å². The van der Waals surface area contributed by atoms with Crippen LogP contribution >= 0.6 is 0 Å². The maximum absolute atomic E-state index is 12.9. The molecule has 2 fully saturated rings. The summed E-state index contributed by atoms with van der Waals surface area (Å²) >= 11 is 0. The van der Waals surface area contributed by atoms with Crippen LogP contribution < -0.4 is 15.4 Å². The molecule has 3 aliphatic rings. The van der Waals surface area contributed by atoms with Crippen LogP contribution in [0.1, 0.15) is 77.9 Å². The molecule has 1 atom stereocenters. The second-order valence-corrected chi connectivity index (χ2v) is 12.8. The second-order valence-electron chi connectivity index (χ2n) is 12.8. The highest BCUT2D eigenvalue weighted by Gasteiger charge is 2.30. The smallest absolute Gasteiger partial charge is 0.270 e. The van der Waals surface area contributed by atoms with Gasteiger partial charge in [-0.05, 0) is 81.0 Å². The summed E-state index contributed by atoms with van der Waals surface area (Å²) < 4.78 is 11.2. The maximum atomic E-state index is 12.9. The van der Waals surface area contributed by atoms with Crippen molar-refractivity contribution in [2.75, 3.05) is 38.0 Å². The van der Waals surface area contributed by atoms with Crippen LogP contribution in [0.3, 0.4) is 0 Å². The highest BCUT2D eigenvalue weighted by Crippen LogP contribution is 2.31. The molecular formula is C34H45N7O5. The van der Waals surface area contributed by atoms with Gasteiger partial charge in [-0.25, -0.2) is 15.0 Å². The quantitative estimate of drug-likeness (QED) is 0.288. The highest BCUT2D eigenvalue weighted by molar-refractivity contribution is 5.92. The summed E-state index contributed by atoms with van der Waals surface area (Å²) in [6.45, 7) is 6.30. The molecular weight excluding hydrogens is 586 g/mol. The number of likely N-dealkylation sites (tertiary alicyclic amines) is 1. The number of hydrogen-bond acceptors (Lipinski definition) is 10. The summed E-state index contributed by atoms with van der Waals surface area (Å²) in [5.41, 5.74) is 3.87. The molecule has 1 saturated carbocycles. The lowest BCUT2D eigenvalue weighted by atomic mass is 9.85. The summed E-state index contributed by atoms with van der Waals surface area (Å²) in [6, 6.07) is 5.92. The van der Waals surface area contributed by atoms with E-state index in [2.05, 4.69) is 48.4 Å². The van der Waals surface area contributed by atoms with Gasteiger partial charge in [0.25, 0.3) is 5.91 Å². The molecule has 1 aromatic carbocycles. The average molecular weight is 632 g/mol. The number of rotatable bonds is 11. The molecule has 1 aliphatic carbocycles. The Kier molecular flexibility index (Phi) is 10.4. The Balaban J connectivity index is 0.931. The third-order valence-electron chi connectivity index (χ3n) is 9.53. The third-order valence-corrected chi connectivity index (χ3v) is 9.53. The largest absolute Gasteiger partial charge is 0.485 e. The Morgan fingerprint density at radius 1 is 1.11 bits per heavy atom. The van der Waals surface area contributed by atoms with E-state index in [0.29, 0.717) is 30.6 Å². The number of nitrogens with zero attached hydrogens (tertiary/aromatic N) is 5. The van der Waals surface area contributed by atoms with Crippen LogP contribution in [-0.2, 0) is 24.4 Å². The molecule has 3 N–H and O–H groups in total. The number of carbonyl (C=O) groups excluding carboxylic acids is 2. The average Bonchev–Trinajstić information content (AvgIpc) is 3.61. The Hall–Kier alpha value is -4.03. The first-order valence-electron chi connectivity index (χ1n) is 16.6. The third kappa shape index (κ3) is 8.03. The van der Waals surface area contributed by atoms with Crippen LogP contribution in [0.5, 0.6) is 5.75 Å². The van der Waals surface area contributed by atoms with Crippen molar-refractivity contribution in [3.8, 4) is 5.75 Å². The van der Waals surface area contributed by atoms with Gasteiger partial charge in [0.05, 0.1) is 12.3 Å². The first kappa shape index (κ1) is 31.9. The number of oxazole rings is 1. The number of amides is 2. The van der Waals surface area contributed by atoms with E-state index < -0.39 is 6.10 Å². The molecule has 1 saturated heterocycles. The van der Waals surface area contributed by atoms with Crippen molar-refractivity contribution >= 4 is 17.6 Å². The molecule has 4 heterocycles. The predicted octanol–water partition coefficient (Wildman–Crippen LogP) is 3.48. The van der Waals surface area contributed by atoms with Gasteiger partial charge in [-0.3, -0.25) is 14.5 Å². The zero-order valence-corrected chi connectivity index (χ0v) is 26.6. The van der Waals surface area contributed by atoms with Gasteiger partial charge in [-0.2, -0.15) is 0 Å². The Labute approximate surface area is 269 Å². The Morgan fingerprint density at radius 2 is 1.93 bits per heavy atom. The van der Waals surface area contributed by atoms with Gasteiger partial charge in [0, 0.05) is 57.3 Å². The molecule has 0 unspecified atom stereocenters. The molecule has 246 valence electrons. The van der Waals surface area contributed by atoms with Gasteiger partial charge >= 0.3 is 0 Å². The minimum atomic E-state index is -0.724. The Morgan fingerprint density at radius 3 is 2.72 bits per heavy atom. The number of fused-ring (bicyclic) bond motifs is 1. The summed E-state index contributed by atoms with van der Waals surface area (Å²) in [5.74, 6) is 2.19. The van der Waals surface area contributed by atoms with Crippen LogP contribution in [0.4, 0.5) is 5.82 Å². The number of β-amino-alcohol motifs (C(OH)–C–C–N with tert-alkyl or cyclic N) is 1.